The molecule has 0 aromatic carbocycles. The predicted molar refractivity (Wildman–Crippen MR) is 92.4 cm³/mol. The van der Waals surface area contributed by atoms with Gasteiger partial charge in [0.25, 0.3) is 0 Å². The van der Waals surface area contributed by atoms with Crippen LogP contribution < -0.4 is 5.73 Å². The van der Waals surface area contributed by atoms with Crippen molar-refractivity contribution in [1.29, 1.82) is 0 Å². The average molecular weight is 327 g/mol. The van der Waals surface area contributed by atoms with Gasteiger partial charge in [-0.25, -0.2) is 9.50 Å². The predicted octanol–water partition coefficient (Wildman–Crippen LogP) is 1.92. The van der Waals surface area contributed by atoms with Gasteiger partial charge in [0.2, 0.25) is 0 Å². The highest BCUT2D eigenvalue weighted by Crippen LogP contribution is 2.27. The van der Waals surface area contributed by atoms with E-state index in [4.69, 9.17) is 22.7 Å². The Morgan fingerprint density at radius 3 is 2.91 bits per heavy atom. The summed E-state index contributed by atoms with van der Waals surface area (Å²) in [6.45, 7) is 2.54. The van der Waals surface area contributed by atoms with Gasteiger partial charge in [-0.05, 0) is 24.6 Å². The van der Waals surface area contributed by atoms with Crippen molar-refractivity contribution in [1.82, 2.24) is 19.6 Å². The Hall–Kier alpha value is -2.38. The third kappa shape index (κ3) is 2.93. The van der Waals surface area contributed by atoms with Crippen molar-refractivity contribution < 1.29 is 4.74 Å². The van der Waals surface area contributed by atoms with Crippen LogP contribution >= 0.6 is 12.2 Å². The number of fused-ring (bicyclic) bond motifs is 1. The largest absolute Gasteiger partial charge is 0.389 e. The number of hydrogen-bond donors (Lipinski definition) is 1. The molecule has 3 aromatic rings. The van der Waals surface area contributed by atoms with Crippen molar-refractivity contribution in [3.8, 4) is 11.1 Å². The molecule has 118 valence electrons. The first-order valence-corrected chi connectivity index (χ1v) is 7.61. The maximum absolute atomic E-state index is 5.98. The van der Waals surface area contributed by atoms with Crippen molar-refractivity contribution in [2.75, 3.05) is 13.7 Å². The van der Waals surface area contributed by atoms with Crippen LogP contribution in [0.15, 0.2) is 30.6 Å². The molecule has 0 amide bonds. The second-order valence-corrected chi connectivity index (χ2v) is 5.63. The van der Waals surface area contributed by atoms with Crippen LogP contribution in [0.25, 0.3) is 16.8 Å². The molecule has 7 heteroatoms. The van der Waals surface area contributed by atoms with Crippen LogP contribution in [0, 0.1) is 6.92 Å². The third-order valence-electron chi connectivity index (χ3n) is 3.58. The second-order valence-electron chi connectivity index (χ2n) is 5.19. The van der Waals surface area contributed by atoms with Crippen molar-refractivity contribution in [3.05, 3.63) is 47.7 Å². The molecule has 0 radical (unpaired) electrons. The molecule has 0 aliphatic carbocycles. The van der Waals surface area contributed by atoms with E-state index in [9.17, 15) is 0 Å². The Balaban J connectivity index is 2.25. The molecule has 0 aliphatic rings. The van der Waals surface area contributed by atoms with Crippen LogP contribution in [0.3, 0.4) is 0 Å². The van der Waals surface area contributed by atoms with Gasteiger partial charge in [-0.15, -0.1) is 0 Å². The number of aryl methyl sites for hydroxylation is 1. The van der Waals surface area contributed by atoms with E-state index in [0.717, 1.165) is 22.4 Å². The molecule has 0 atom stereocenters. The van der Waals surface area contributed by atoms with Crippen molar-refractivity contribution in [2.45, 2.75) is 13.3 Å². The number of thiocarbonyl (C=S) groups is 1. The first kappa shape index (κ1) is 15.5. The maximum atomic E-state index is 5.98. The Labute approximate surface area is 139 Å². The van der Waals surface area contributed by atoms with E-state index in [1.54, 1.807) is 24.0 Å². The van der Waals surface area contributed by atoms with Gasteiger partial charge in [0, 0.05) is 37.2 Å². The van der Waals surface area contributed by atoms with Gasteiger partial charge < -0.3 is 10.5 Å². The summed E-state index contributed by atoms with van der Waals surface area (Å²) in [7, 11) is 1.65. The normalized spacial score (nSPS) is 11.0. The summed E-state index contributed by atoms with van der Waals surface area (Å²) in [6, 6.07) is 5.86. The third-order valence-corrected chi connectivity index (χ3v) is 3.78. The molecule has 23 heavy (non-hydrogen) atoms. The molecule has 3 aromatic heterocycles. The zero-order valence-corrected chi connectivity index (χ0v) is 13.8. The minimum Gasteiger partial charge on any atom is -0.389 e. The molecule has 0 saturated heterocycles. The molecular formula is C16H17N5OS. The van der Waals surface area contributed by atoms with Crippen molar-refractivity contribution in [3.63, 3.8) is 0 Å². The zero-order valence-electron chi connectivity index (χ0n) is 13.0. The number of nitrogens with two attached hydrogens (primary N) is 1. The minimum absolute atomic E-state index is 0.291. The van der Waals surface area contributed by atoms with Crippen LogP contribution in [0.2, 0.25) is 0 Å². The topological polar surface area (TPSA) is 78.3 Å². The molecule has 0 saturated carbocycles. The zero-order chi connectivity index (χ0) is 16.4. The smallest absolute Gasteiger partial charge is 0.166 e. The number of nitrogens with zero attached hydrogens (tertiary/aromatic N) is 4. The van der Waals surface area contributed by atoms with E-state index in [2.05, 4.69) is 15.1 Å². The van der Waals surface area contributed by atoms with Gasteiger partial charge in [-0.2, -0.15) is 5.10 Å². The van der Waals surface area contributed by atoms with Gasteiger partial charge >= 0.3 is 0 Å². The lowest BCUT2D eigenvalue weighted by Crippen LogP contribution is -2.14. The summed E-state index contributed by atoms with van der Waals surface area (Å²) in [5, 5.41) is 4.52. The van der Waals surface area contributed by atoms with E-state index in [-0.39, 0.29) is 0 Å². The lowest BCUT2D eigenvalue weighted by molar-refractivity contribution is 0.200. The van der Waals surface area contributed by atoms with Crippen molar-refractivity contribution >= 4 is 22.9 Å². The average Bonchev–Trinajstić information content (AvgIpc) is 2.97. The summed E-state index contributed by atoms with van der Waals surface area (Å²) in [5.74, 6) is 0.704. The highest BCUT2D eigenvalue weighted by molar-refractivity contribution is 7.80. The molecule has 2 N–H and O–H groups in total. The number of rotatable bonds is 5. The molecule has 0 fully saturated rings. The van der Waals surface area contributed by atoms with Crippen molar-refractivity contribution in [2.24, 2.45) is 5.73 Å². The summed E-state index contributed by atoms with van der Waals surface area (Å²) in [5.41, 5.74) is 10.2. The monoisotopic (exact) mass is 327 g/mol. The lowest BCUT2D eigenvalue weighted by atomic mass is 10.0. The lowest BCUT2D eigenvalue weighted by Gasteiger charge is -2.11. The molecule has 0 unspecified atom stereocenters. The Morgan fingerprint density at radius 1 is 1.43 bits per heavy atom. The standard InChI is InChI=1S/C16H17N5OS/c1-10-8-12(11-4-3-6-18-9-11)14(15(17)23)16-19-13(5-7-22-2)20-21(10)16/h3-4,6,8-9H,5,7H2,1-2H3,(H2,17,23). The number of hydrogen-bond acceptors (Lipinski definition) is 5. The second kappa shape index (κ2) is 6.39. The van der Waals surface area contributed by atoms with Gasteiger partial charge in [0.1, 0.15) is 4.99 Å². The maximum Gasteiger partial charge on any atom is 0.166 e. The van der Waals surface area contributed by atoms with E-state index < -0.39 is 0 Å². The highest BCUT2D eigenvalue weighted by atomic mass is 32.1. The fourth-order valence-corrected chi connectivity index (χ4v) is 2.72. The van der Waals surface area contributed by atoms with Crippen LogP contribution in [-0.4, -0.2) is 38.3 Å². The first-order valence-electron chi connectivity index (χ1n) is 7.20. The molecule has 6 nitrogen and oxygen atoms in total. The van der Waals surface area contributed by atoms with Crippen LogP contribution in [0.4, 0.5) is 0 Å². The molecule has 3 rings (SSSR count). The summed E-state index contributed by atoms with van der Waals surface area (Å²) >= 11 is 5.27. The van der Waals surface area contributed by atoms with E-state index in [1.807, 2.05) is 25.1 Å². The van der Waals surface area contributed by atoms with E-state index in [1.165, 1.54) is 0 Å². The minimum atomic E-state index is 0.291. The van der Waals surface area contributed by atoms with Gasteiger partial charge in [-0.3, -0.25) is 4.98 Å². The molecule has 0 bridgehead atoms. The molecule has 0 aliphatic heterocycles. The van der Waals surface area contributed by atoms with Gasteiger partial charge in [-0.1, -0.05) is 18.3 Å². The van der Waals surface area contributed by atoms with Crippen LogP contribution in [0.1, 0.15) is 17.1 Å². The number of ether oxygens (including phenoxy) is 1. The fourth-order valence-electron chi connectivity index (χ4n) is 2.52. The van der Waals surface area contributed by atoms with Gasteiger partial charge in [0.15, 0.2) is 11.5 Å². The highest BCUT2D eigenvalue weighted by Gasteiger charge is 2.18. The van der Waals surface area contributed by atoms with E-state index >= 15 is 0 Å². The summed E-state index contributed by atoms with van der Waals surface area (Å²) in [4.78, 5) is 9.07. The summed E-state index contributed by atoms with van der Waals surface area (Å²) in [6.07, 6.45) is 4.15. The first-order chi connectivity index (χ1) is 11.1. The number of methoxy groups -OCH3 is 1. The quantitative estimate of drug-likeness (QED) is 0.721. The Morgan fingerprint density at radius 2 is 2.26 bits per heavy atom. The Kier molecular flexibility index (Phi) is 4.31. The summed E-state index contributed by atoms with van der Waals surface area (Å²) < 4.78 is 6.87. The Bertz CT molecular complexity index is 860. The number of pyridine rings is 2. The molecular weight excluding hydrogens is 310 g/mol. The molecule has 3 heterocycles. The molecule has 0 spiro atoms. The van der Waals surface area contributed by atoms with Crippen LogP contribution in [0.5, 0.6) is 0 Å². The number of aromatic nitrogens is 4. The van der Waals surface area contributed by atoms with E-state index in [0.29, 0.717) is 29.5 Å². The van der Waals surface area contributed by atoms with Crippen LogP contribution in [-0.2, 0) is 11.2 Å². The SMILES string of the molecule is COCCc1nc2c(C(N)=S)c(-c3cccnc3)cc(C)n2n1. The van der Waals surface area contributed by atoms with Gasteiger partial charge in [0.05, 0.1) is 12.2 Å². The fraction of sp³-hybridized carbons (Fsp3) is 0.250.